The first-order chi connectivity index (χ1) is 8.75. The Bertz CT molecular complexity index is 374. The first kappa shape index (κ1) is 13.0. The summed E-state index contributed by atoms with van der Waals surface area (Å²) >= 11 is 0. The Morgan fingerprint density at radius 1 is 1.39 bits per heavy atom. The zero-order valence-electron chi connectivity index (χ0n) is 10.9. The van der Waals surface area contributed by atoms with Crippen molar-refractivity contribution in [1.82, 2.24) is 15.2 Å². The third-order valence-corrected chi connectivity index (χ3v) is 3.49. The third kappa shape index (κ3) is 3.81. The van der Waals surface area contributed by atoms with Gasteiger partial charge in [0.15, 0.2) is 0 Å². The van der Waals surface area contributed by atoms with Crippen molar-refractivity contribution < 1.29 is 4.79 Å². The van der Waals surface area contributed by atoms with Crippen molar-refractivity contribution in [2.45, 2.75) is 38.3 Å². The van der Waals surface area contributed by atoms with Crippen molar-refractivity contribution in [2.24, 2.45) is 0 Å². The second kappa shape index (κ2) is 6.50. The van der Waals surface area contributed by atoms with Crippen molar-refractivity contribution >= 4 is 5.91 Å². The van der Waals surface area contributed by atoms with E-state index in [1.807, 2.05) is 19.2 Å². The molecule has 1 heterocycles. The van der Waals surface area contributed by atoms with Crippen LogP contribution in [-0.4, -0.2) is 35.4 Å². The largest absolute Gasteiger partial charge is 0.340 e. The molecule has 1 N–H and O–H groups in total. The predicted molar refractivity (Wildman–Crippen MR) is 71.0 cm³/mol. The second-order valence-corrected chi connectivity index (χ2v) is 4.97. The monoisotopic (exact) mass is 247 g/mol. The molecule has 1 amide bonds. The summed E-state index contributed by atoms with van der Waals surface area (Å²) in [4.78, 5) is 17.7. The Morgan fingerprint density at radius 3 is 2.72 bits per heavy atom. The molecule has 98 valence electrons. The Kier molecular flexibility index (Phi) is 4.70. The number of hydrogen-bond acceptors (Lipinski definition) is 3. The van der Waals surface area contributed by atoms with Gasteiger partial charge in [0.25, 0.3) is 0 Å². The van der Waals surface area contributed by atoms with E-state index in [1.54, 1.807) is 17.3 Å². The molecule has 0 radical (unpaired) electrons. The van der Waals surface area contributed by atoms with Gasteiger partial charge in [0, 0.05) is 32.0 Å². The normalized spacial score (nSPS) is 15.8. The van der Waals surface area contributed by atoms with Gasteiger partial charge < -0.3 is 10.2 Å². The molecule has 0 atom stereocenters. The summed E-state index contributed by atoms with van der Waals surface area (Å²) in [5.74, 6) is 0.152. The standard InChI is InChI=1S/C14H21N3O/c1-17(11-12-6-8-15-9-7-12)14(18)10-16-13-4-2-3-5-13/h6-9,13,16H,2-5,10-11H2,1H3. The number of nitrogens with one attached hydrogen (secondary N) is 1. The van der Waals surface area contributed by atoms with Gasteiger partial charge in [-0.05, 0) is 30.5 Å². The molecule has 1 aromatic heterocycles. The Labute approximate surface area is 108 Å². The van der Waals surface area contributed by atoms with Crippen molar-refractivity contribution in [3.8, 4) is 0 Å². The maximum atomic E-state index is 12.0. The lowest BCUT2D eigenvalue weighted by atomic mass is 10.2. The van der Waals surface area contributed by atoms with Gasteiger partial charge in [-0.15, -0.1) is 0 Å². The molecule has 1 aliphatic rings. The highest BCUT2D eigenvalue weighted by atomic mass is 16.2. The number of rotatable bonds is 5. The predicted octanol–water partition coefficient (Wildman–Crippen LogP) is 1.57. The zero-order chi connectivity index (χ0) is 12.8. The number of carbonyl (C=O) groups excluding carboxylic acids is 1. The molecule has 0 bridgehead atoms. The minimum atomic E-state index is 0.152. The number of aromatic nitrogens is 1. The number of hydrogen-bond donors (Lipinski definition) is 1. The molecule has 2 rings (SSSR count). The lowest BCUT2D eigenvalue weighted by Gasteiger charge is -2.19. The van der Waals surface area contributed by atoms with Crippen LogP contribution in [0.4, 0.5) is 0 Å². The minimum Gasteiger partial charge on any atom is -0.340 e. The molecule has 1 aliphatic carbocycles. The SMILES string of the molecule is CN(Cc1ccncc1)C(=O)CNC1CCCC1. The lowest BCUT2D eigenvalue weighted by molar-refractivity contribution is -0.129. The summed E-state index contributed by atoms with van der Waals surface area (Å²) in [7, 11) is 1.85. The second-order valence-electron chi connectivity index (χ2n) is 4.97. The fourth-order valence-electron chi connectivity index (χ4n) is 2.35. The van der Waals surface area contributed by atoms with E-state index in [4.69, 9.17) is 0 Å². The van der Waals surface area contributed by atoms with Crippen LogP contribution in [0.2, 0.25) is 0 Å². The number of pyridine rings is 1. The molecule has 4 nitrogen and oxygen atoms in total. The van der Waals surface area contributed by atoms with Crippen LogP contribution in [0.1, 0.15) is 31.2 Å². The Balaban J connectivity index is 1.74. The molecule has 0 aliphatic heterocycles. The van der Waals surface area contributed by atoms with Crippen LogP contribution >= 0.6 is 0 Å². The van der Waals surface area contributed by atoms with Crippen molar-refractivity contribution in [3.05, 3.63) is 30.1 Å². The van der Waals surface area contributed by atoms with E-state index in [-0.39, 0.29) is 5.91 Å². The van der Waals surface area contributed by atoms with E-state index in [1.165, 1.54) is 25.7 Å². The summed E-state index contributed by atoms with van der Waals surface area (Å²) in [6.45, 7) is 1.10. The molecule has 0 aromatic carbocycles. The Morgan fingerprint density at radius 2 is 2.06 bits per heavy atom. The zero-order valence-corrected chi connectivity index (χ0v) is 10.9. The van der Waals surface area contributed by atoms with Crippen molar-refractivity contribution in [3.63, 3.8) is 0 Å². The molecule has 0 saturated heterocycles. The average molecular weight is 247 g/mol. The molecule has 18 heavy (non-hydrogen) atoms. The highest BCUT2D eigenvalue weighted by molar-refractivity contribution is 5.78. The quantitative estimate of drug-likeness (QED) is 0.859. The van der Waals surface area contributed by atoms with Crippen LogP contribution in [0.3, 0.4) is 0 Å². The highest BCUT2D eigenvalue weighted by Gasteiger charge is 2.16. The van der Waals surface area contributed by atoms with E-state index in [2.05, 4.69) is 10.3 Å². The van der Waals surface area contributed by atoms with Crippen LogP contribution in [0, 0.1) is 0 Å². The molecule has 0 spiro atoms. The topological polar surface area (TPSA) is 45.2 Å². The lowest BCUT2D eigenvalue weighted by Crippen LogP contribution is -2.38. The summed E-state index contributed by atoms with van der Waals surface area (Å²) < 4.78 is 0. The fraction of sp³-hybridized carbons (Fsp3) is 0.571. The average Bonchev–Trinajstić information content (AvgIpc) is 2.90. The summed E-state index contributed by atoms with van der Waals surface area (Å²) in [5, 5.41) is 3.34. The fourth-order valence-corrected chi connectivity index (χ4v) is 2.35. The molecular weight excluding hydrogens is 226 g/mol. The molecular formula is C14H21N3O. The number of carbonyl (C=O) groups is 1. The Hall–Kier alpha value is -1.42. The maximum Gasteiger partial charge on any atom is 0.236 e. The minimum absolute atomic E-state index is 0.152. The van der Waals surface area contributed by atoms with E-state index in [9.17, 15) is 4.79 Å². The van der Waals surface area contributed by atoms with Gasteiger partial charge in [-0.3, -0.25) is 9.78 Å². The summed E-state index contributed by atoms with van der Waals surface area (Å²) in [6, 6.07) is 4.42. The maximum absolute atomic E-state index is 12.0. The van der Waals surface area contributed by atoms with Gasteiger partial charge in [0.05, 0.1) is 6.54 Å². The van der Waals surface area contributed by atoms with Crippen molar-refractivity contribution in [2.75, 3.05) is 13.6 Å². The molecule has 0 unspecified atom stereocenters. The van der Waals surface area contributed by atoms with E-state index >= 15 is 0 Å². The first-order valence-corrected chi connectivity index (χ1v) is 6.62. The number of amides is 1. The van der Waals surface area contributed by atoms with Crippen molar-refractivity contribution in [1.29, 1.82) is 0 Å². The molecule has 1 aromatic rings. The van der Waals surface area contributed by atoms with Gasteiger partial charge in [0.2, 0.25) is 5.91 Å². The van der Waals surface area contributed by atoms with Crippen LogP contribution in [0.25, 0.3) is 0 Å². The van der Waals surface area contributed by atoms with Crippen LogP contribution < -0.4 is 5.32 Å². The summed E-state index contributed by atoms with van der Waals surface area (Å²) in [6.07, 6.45) is 8.51. The van der Waals surface area contributed by atoms with Gasteiger partial charge in [0.1, 0.15) is 0 Å². The van der Waals surface area contributed by atoms with Gasteiger partial charge in [-0.25, -0.2) is 0 Å². The molecule has 1 saturated carbocycles. The van der Waals surface area contributed by atoms with Crippen LogP contribution in [-0.2, 0) is 11.3 Å². The van der Waals surface area contributed by atoms with E-state index < -0.39 is 0 Å². The molecule has 1 fully saturated rings. The molecule has 4 heteroatoms. The van der Waals surface area contributed by atoms with E-state index in [0.717, 1.165) is 5.56 Å². The number of nitrogens with zero attached hydrogens (tertiary/aromatic N) is 2. The smallest absolute Gasteiger partial charge is 0.236 e. The highest BCUT2D eigenvalue weighted by Crippen LogP contribution is 2.17. The van der Waals surface area contributed by atoms with E-state index in [0.29, 0.717) is 19.1 Å². The number of likely N-dealkylation sites (N-methyl/N-ethyl adjacent to an activating group) is 1. The van der Waals surface area contributed by atoms with Gasteiger partial charge >= 0.3 is 0 Å². The van der Waals surface area contributed by atoms with Crippen LogP contribution in [0.5, 0.6) is 0 Å². The third-order valence-electron chi connectivity index (χ3n) is 3.49. The first-order valence-electron chi connectivity index (χ1n) is 6.62. The summed E-state index contributed by atoms with van der Waals surface area (Å²) in [5.41, 5.74) is 1.11. The van der Waals surface area contributed by atoms with Gasteiger partial charge in [-0.1, -0.05) is 12.8 Å². The van der Waals surface area contributed by atoms with Crippen LogP contribution in [0.15, 0.2) is 24.5 Å². The van der Waals surface area contributed by atoms with Gasteiger partial charge in [-0.2, -0.15) is 0 Å².